The highest BCUT2D eigenvalue weighted by Crippen LogP contribution is 2.22. The van der Waals surface area contributed by atoms with Crippen LogP contribution in [0.1, 0.15) is 52.9 Å². The SMILES string of the molecule is CC(C)(C)C(CC(=O)O)NC(=O)NC1CCC(O)CC1. The third-order valence-corrected chi connectivity index (χ3v) is 3.76. The lowest BCUT2D eigenvalue weighted by molar-refractivity contribution is -0.138. The van der Waals surface area contributed by atoms with Crippen LogP contribution in [0.4, 0.5) is 4.79 Å². The first-order valence-corrected chi connectivity index (χ1v) is 7.15. The van der Waals surface area contributed by atoms with E-state index in [0.717, 1.165) is 12.8 Å². The monoisotopic (exact) mass is 286 g/mol. The molecule has 0 spiro atoms. The number of nitrogens with one attached hydrogen (secondary N) is 2. The molecule has 0 radical (unpaired) electrons. The number of rotatable bonds is 4. The van der Waals surface area contributed by atoms with E-state index in [9.17, 15) is 14.7 Å². The molecule has 1 rings (SSSR count). The second-order valence-corrected chi connectivity index (χ2v) is 6.64. The van der Waals surface area contributed by atoms with E-state index in [1.165, 1.54) is 0 Å². The lowest BCUT2D eigenvalue weighted by Gasteiger charge is -2.32. The van der Waals surface area contributed by atoms with Crippen LogP contribution in [0.15, 0.2) is 0 Å². The van der Waals surface area contributed by atoms with E-state index in [-0.39, 0.29) is 30.0 Å². The molecule has 20 heavy (non-hydrogen) atoms. The Morgan fingerprint density at radius 3 is 2.20 bits per heavy atom. The molecule has 2 amide bonds. The Labute approximate surface area is 119 Å². The fourth-order valence-electron chi connectivity index (χ4n) is 2.35. The molecule has 4 N–H and O–H groups in total. The van der Waals surface area contributed by atoms with Gasteiger partial charge in [-0.25, -0.2) is 4.79 Å². The number of amides is 2. The molecule has 6 heteroatoms. The van der Waals surface area contributed by atoms with Crippen LogP contribution in [0.5, 0.6) is 0 Å². The number of carboxylic acid groups (broad SMARTS) is 1. The Hall–Kier alpha value is -1.30. The van der Waals surface area contributed by atoms with E-state index >= 15 is 0 Å². The van der Waals surface area contributed by atoms with E-state index in [2.05, 4.69) is 10.6 Å². The van der Waals surface area contributed by atoms with Gasteiger partial charge in [-0.3, -0.25) is 4.79 Å². The standard InChI is InChI=1S/C14H26N2O4/c1-14(2,3)11(8-12(18)19)16-13(20)15-9-4-6-10(17)7-5-9/h9-11,17H,4-8H2,1-3H3,(H,18,19)(H2,15,16,20). The fourth-order valence-corrected chi connectivity index (χ4v) is 2.35. The Bertz CT molecular complexity index is 344. The van der Waals surface area contributed by atoms with Crippen molar-refractivity contribution < 1.29 is 19.8 Å². The molecule has 1 fully saturated rings. The summed E-state index contributed by atoms with van der Waals surface area (Å²) in [6.07, 6.45) is 2.55. The number of carbonyl (C=O) groups is 2. The van der Waals surface area contributed by atoms with Crippen LogP contribution >= 0.6 is 0 Å². The largest absolute Gasteiger partial charge is 0.481 e. The molecule has 1 atom stereocenters. The van der Waals surface area contributed by atoms with E-state index in [4.69, 9.17) is 5.11 Å². The van der Waals surface area contributed by atoms with E-state index in [1.54, 1.807) is 0 Å². The second-order valence-electron chi connectivity index (χ2n) is 6.64. The van der Waals surface area contributed by atoms with Gasteiger partial charge in [0.25, 0.3) is 0 Å². The van der Waals surface area contributed by atoms with Gasteiger partial charge in [0.15, 0.2) is 0 Å². The third kappa shape index (κ3) is 5.77. The van der Waals surface area contributed by atoms with Gasteiger partial charge in [-0.15, -0.1) is 0 Å². The average molecular weight is 286 g/mol. The maximum Gasteiger partial charge on any atom is 0.315 e. The lowest BCUT2D eigenvalue weighted by atomic mass is 9.85. The number of aliphatic hydroxyl groups is 1. The third-order valence-electron chi connectivity index (χ3n) is 3.76. The zero-order chi connectivity index (χ0) is 15.3. The normalized spacial score (nSPS) is 24.8. The number of aliphatic hydroxyl groups excluding tert-OH is 1. The first-order chi connectivity index (χ1) is 9.18. The molecule has 0 heterocycles. The zero-order valence-corrected chi connectivity index (χ0v) is 12.5. The summed E-state index contributed by atoms with van der Waals surface area (Å²) in [6, 6.07) is -0.689. The first-order valence-electron chi connectivity index (χ1n) is 7.15. The minimum Gasteiger partial charge on any atom is -0.481 e. The van der Waals surface area contributed by atoms with Crippen LogP contribution in [-0.2, 0) is 4.79 Å². The smallest absolute Gasteiger partial charge is 0.315 e. The van der Waals surface area contributed by atoms with Crippen LogP contribution in [0, 0.1) is 5.41 Å². The Morgan fingerprint density at radius 2 is 1.75 bits per heavy atom. The molecular weight excluding hydrogens is 260 g/mol. The molecule has 1 aliphatic rings. The summed E-state index contributed by atoms with van der Waals surface area (Å²) < 4.78 is 0. The van der Waals surface area contributed by atoms with Crippen LogP contribution in [0.25, 0.3) is 0 Å². The average Bonchev–Trinajstić information content (AvgIpc) is 2.29. The zero-order valence-electron chi connectivity index (χ0n) is 12.5. The Balaban J connectivity index is 2.47. The molecule has 1 saturated carbocycles. The molecule has 0 saturated heterocycles. The van der Waals surface area contributed by atoms with Crippen LogP contribution in [0.2, 0.25) is 0 Å². The van der Waals surface area contributed by atoms with Crippen LogP contribution in [0.3, 0.4) is 0 Å². The molecule has 0 aliphatic heterocycles. The summed E-state index contributed by atoms with van der Waals surface area (Å²) >= 11 is 0. The summed E-state index contributed by atoms with van der Waals surface area (Å²) in [5, 5.41) is 23.9. The summed E-state index contributed by atoms with van der Waals surface area (Å²) in [7, 11) is 0. The highest BCUT2D eigenvalue weighted by molar-refractivity contribution is 5.76. The molecule has 0 aromatic rings. The number of carboxylic acids is 1. The molecule has 0 aromatic carbocycles. The van der Waals surface area contributed by atoms with Gasteiger partial charge in [0, 0.05) is 12.1 Å². The van der Waals surface area contributed by atoms with Crippen LogP contribution < -0.4 is 10.6 Å². The van der Waals surface area contributed by atoms with Gasteiger partial charge >= 0.3 is 12.0 Å². The molecule has 0 aromatic heterocycles. The predicted molar refractivity (Wildman–Crippen MR) is 75.4 cm³/mol. The number of aliphatic carboxylic acids is 1. The maximum atomic E-state index is 12.0. The number of urea groups is 1. The van der Waals surface area contributed by atoms with Gasteiger partial charge in [-0.05, 0) is 31.1 Å². The van der Waals surface area contributed by atoms with Gasteiger partial charge < -0.3 is 20.8 Å². The van der Waals surface area contributed by atoms with Gasteiger partial charge in [-0.2, -0.15) is 0 Å². The molecular formula is C14H26N2O4. The quantitative estimate of drug-likeness (QED) is 0.629. The summed E-state index contributed by atoms with van der Waals surface area (Å²) in [4.78, 5) is 22.8. The summed E-state index contributed by atoms with van der Waals surface area (Å²) in [5.41, 5.74) is -0.321. The van der Waals surface area contributed by atoms with Gasteiger partial charge in [0.2, 0.25) is 0 Å². The first kappa shape index (κ1) is 16.8. The minimum atomic E-state index is -0.925. The molecule has 6 nitrogen and oxygen atoms in total. The maximum absolute atomic E-state index is 12.0. The van der Waals surface area contributed by atoms with Crippen molar-refractivity contribution in [1.29, 1.82) is 0 Å². The fraction of sp³-hybridized carbons (Fsp3) is 0.857. The minimum absolute atomic E-state index is 0.0591. The van der Waals surface area contributed by atoms with E-state index in [0.29, 0.717) is 12.8 Å². The van der Waals surface area contributed by atoms with Crippen molar-refractivity contribution in [2.75, 3.05) is 0 Å². The highest BCUT2D eigenvalue weighted by atomic mass is 16.4. The van der Waals surface area contributed by atoms with Crippen molar-refractivity contribution in [3.63, 3.8) is 0 Å². The van der Waals surface area contributed by atoms with Crippen molar-refractivity contribution in [3.05, 3.63) is 0 Å². The lowest BCUT2D eigenvalue weighted by Crippen LogP contribution is -2.51. The number of hydrogen-bond donors (Lipinski definition) is 4. The van der Waals surface area contributed by atoms with E-state index < -0.39 is 12.0 Å². The second kappa shape index (κ2) is 6.92. The van der Waals surface area contributed by atoms with E-state index in [1.807, 2.05) is 20.8 Å². The van der Waals surface area contributed by atoms with Gasteiger partial charge in [0.05, 0.1) is 12.5 Å². The van der Waals surface area contributed by atoms with Crippen molar-refractivity contribution in [2.24, 2.45) is 5.41 Å². The van der Waals surface area contributed by atoms with Gasteiger partial charge in [-0.1, -0.05) is 20.8 Å². The van der Waals surface area contributed by atoms with Crippen molar-refractivity contribution in [2.45, 2.75) is 71.1 Å². The van der Waals surface area contributed by atoms with Crippen molar-refractivity contribution in [3.8, 4) is 0 Å². The predicted octanol–water partition coefficient (Wildman–Crippen LogP) is 1.48. The Morgan fingerprint density at radius 1 is 1.20 bits per heavy atom. The highest BCUT2D eigenvalue weighted by Gasteiger charge is 2.29. The Kier molecular flexibility index (Phi) is 5.80. The topological polar surface area (TPSA) is 98.7 Å². The van der Waals surface area contributed by atoms with Crippen LogP contribution in [-0.4, -0.2) is 40.4 Å². The molecule has 1 unspecified atom stereocenters. The number of hydrogen-bond acceptors (Lipinski definition) is 3. The van der Waals surface area contributed by atoms with Crippen molar-refractivity contribution in [1.82, 2.24) is 10.6 Å². The molecule has 0 bridgehead atoms. The van der Waals surface area contributed by atoms with Gasteiger partial charge in [0.1, 0.15) is 0 Å². The van der Waals surface area contributed by atoms with Crippen molar-refractivity contribution >= 4 is 12.0 Å². The summed E-state index contributed by atoms with van der Waals surface area (Å²) in [5.74, 6) is -0.925. The molecule has 1 aliphatic carbocycles. The molecule has 116 valence electrons. The number of carbonyl (C=O) groups excluding carboxylic acids is 1. The summed E-state index contributed by atoms with van der Waals surface area (Å²) in [6.45, 7) is 5.70.